The molecular weight excluding hydrogens is 440 g/mol. The fourth-order valence-electron chi connectivity index (χ4n) is 3.92. The van der Waals surface area contributed by atoms with Crippen molar-refractivity contribution in [3.05, 3.63) is 107 Å². The number of benzene rings is 3. The van der Waals surface area contributed by atoms with E-state index in [1.54, 1.807) is 16.7 Å². The highest BCUT2D eigenvalue weighted by Gasteiger charge is 2.29. The van der Waals surface area contributed by atoms with Gasteiger partial charge in [0, 0.05) is 37.4 Å². The van der Waals surface area contributed by atoms with Gasteiger partial charge in [-0.2, -0.15) is 11.8 Å². The summed E-state index contributed by atoms with van der Waals surface area (Å²) in [7, 11) is 0. The molecule has 0 saturated carbocycles. The number of carbonyl (C=O) groups excluding carboxylic acids is 2. The molecule has 0 heterocycles. The summed E-state index contributed by atoms with van der Waals surface area (Å²) in [6.45, 7) is 4.90. The molecule has 0 unspecified atom stereocenters. The second-order valence-electron chi connectivity index (χ2n) is 8.40. The van der Waals surface area contributed by atoms with Gasteiger partial charge in [-0.25, -0.2) is 0 Å². The van der Waals surface area contributed by atoms with Gasteiger partial charge in [0.15, 0.2) is 0 Å². The zero-order valence-electron chi connectivity index (χ0n) is 20.1. The van der Waals surface area contributed by atoms with E-state index in [0.717, 1.165) is 22.4 Å². The van der Waals surface area contributed by atoms with E-state index in [4.69, 9.17) is 0 Å². The van der Waals surface area contributed by atoms with Gasteiger partial charge in [-0.1, -0.05) is 90.5 Å². The number of nitrogens with one attached hydrogen (secondary N) is 1. The van der Waals surface area contributed by atoms with Gasteiger partial charge in [0.25, 0.3) is 0 Å². The molecular formula is C29H34N2O2S. The van der Waals surface area contributed by atoms with Crippen molar-refractivity contribution in [3.63, 3.8) is 0 Å². The molecule has 0 radical (unpaired) electrons. The van der Waals surface area contributed by atoms with Crippen LogP contribution in [0.1, 0.15) is 35.6 Å². The predicted molar refractivity (Wildman–Crippen MR) is 142 cm³/mol. The Bertz CT molecular complexity index is 1040. The van der Waals surface area contributed by atoms with Crippen molar-refractivity contribution >= 4 is 23.6 Å². The first-order valence-electron chi connectivity index (χ1n) is 11.8. The predicted octanol–water partition coefficient (Wildman–Crippen LogP) is 5.39. The van der Waals surface area contributed by atoms with Crippen molar-refractivity contribution < 1.29 is 9.59 Å². The van der Waals surface area contributed by atoms with Gasteiger partial charge < -0.3 is 10.2 Å². The van der Waals surface area contributed by atoms with E-state index in [2.05, 4.69) is 23.5 Å². The number of likely N-dealkylation sites (N-methyl/N-ethyl adjacent to an activating group) is 1. The second-order valence-corrected chi connectivity index (χ2v) is 9.50. The number of hydrogen-bond acceptors (Lipinski definition) is 3. The van der Waals surface area contributed by atoms with Crippen molar-refractivity contribution in [1.29, 1.82) is 0 Å². The number of amides is 2. The van der Waals surface area contributed by atoms with Gasteiger partial charge in [0.05, 0.1) is 0 Å². The molecule has 1 atom stereocenters. The summed E-state index contributed by atoms with van der Waals surface area (Å²) in [5.41, 5.74) is 4.47. The van der Waals surface area contributed by atoms with Crippen LogP contribution >= 0.6 is 11.8 Å². The van der Waals surface area contributed by atoms with E-state index in [1.165, 1.54) is 5.56 Å². The van der Waals surface area contributed by atoms with Crippen molar-refractivity contribution in [3.8, 4) is 0 Å². The van der Waals surface area contributed by atoms with Crippen LogP contribution in [-0.2, 0) is 28.3 Å². The Hall–Kier alpha value is -3.05. The Morgan fingerprint density at radius 1 is 0.882 bits per heavy atom. The van der Waals surface area contributed by atoms with Gasteiger partial charge in [-0.15, -0.1) is 0 Å². The minimum atomic E-state index is -0.561. The van der Waals surface area contributed by atoms with Crippen LogP contribution in [0.25, 0.3) is 0 Å². The van der Waals surface area contributed by atoms with Gasteiger partial charge in [-0.05, 0) is 30.5 Å². The average Bonchev–Trinajstić information content (AvgIpc) is 2.85. The van der Waals surface area contributed by atoms with Crippen LogP contribution in [0.15, 0.2) is 84.9 Å². The van der Waals surface area contributed by atoms with E-state index in [0.29, 0.717) is 31.7 Å². The Balaban J connectivity index is 1.77. The molecule has 178 valence electrons. The van der Waals surface area contributed by atoms with E-state index in [1.807, 2.05) is 80.6 Å². The topological polar surface area (TPSA) is 49.4 Å². The van der Waals surface area contributed by atoms with Crippen LogP contribution in [0.5, 0.6) is 0 Å². The summed E-state index contributed by atoms with van der Waals surface area (Å²) in [6, 6.07) is 27.8. The summed E-state index contributed by atoms with van der Waals surface area (Å²) in [6.07, 6.45) is 0.884. The molecule has 0 aliphatic rings. The third-order valence-corrected chi connectivity index (χ3v) is 6.66. The van der Waals surface area contributed by atoms with Gasteiger partial charge in [0.1, 0.15) is 6.04 Å². The third kappa shape index (κ3) is 8.07. The number of aryl methyl sites for hydroxylation is 1. The van der Waals surface area contributed by atoms with E-state index < -0.39 is 6.04 Å². The molecule has 1 N–H and O–H groups in total. The summed E-state index contributed by atoms with van der Waals surface area (Å²) >= 11 is 1.75. The molecule has 0 bridgehead atoms. The number of nitrogens with zero attached hydrogens (tertiary/aromatic N) is 1. The smallest absolute Gasteiger partial charge is 0.243 e. The Morgan fingerprint density at radius 3 is 2.18 bits per heavy atom. The van der Waals surface area contributed by atoms with Crippen LogP contribution in [0.2, 0.25) is 0 Å². The minimum absolute atomic E-state index is 0.00857. The molecule has 0 saturated heterocycles. The van der Waals surface area contributed by atoms with Crippen LogP contribution in [0, 0.1) is 6.92 Å². The zero-order chi connectivity index (χ0) is 24.2. The van der Waals surface area contributed by atoms with E-state index in [9.17, 15) is 9.59 Å². The maximum atomic E-state index is 13.5. The third-order valence-electron chi connectivity index (χ3n) is 5.63. The highest BCUT2D eigenvalue weighted by atomic mass is 32.2. The SMILES string of the molecule is CCNC(=O)[C@@H](Cc1ccccc1)N(Cc1cccc(C)c1)C(=O)CCSCc1ccccc1. The molecule has 3 rings (SSSR count). The summed E-state index contributed by atoms with van der Waals surface area (Å²) in [4.78, 5) is 28.4. The molecule has 4 nitrogen and oxygen atoms in total. The lowest BCUT2D eigenvalue weighted by molar-refractivity contribution is -0.140. The summed E-state index contributed by atoms with van der Waals surface area (Å²) < 4.78 is 0. The lowest BCUT2D eigenvalue weighted by Gasteiger charge is -2.31. The van der Waals surface area contributed by atoms with Gasteiger partial charge in [0.2, 0.25) is 11.8 Å². The first-order chi connectivity index (χ1) is 16.6. The lowest BCUT2D eigenvalue weighted by atomic mass is 10.0. The first-order valence-corrected chi connectivity index (χ1v) is 13.0. The minimum Gasteiger partial charge on any atom is -0.355 e. The maximum Gasteiger partial charge on any atom is 0.243 e. The molecule has 2 amide bonds. The molecule has 0 aromatic heterocycles. The maximum absolute atomic E-state index is 13.5. The number of carbonyl (C=O) groups is 2. The Kier molecular flexibility index (Phi) is 10.2. The summed E-state index contributed by atoms with van der Waals surface area (Å²) in [5.74, 6) is 1.49. The molecule has 0 aliphatic heterocycles. The highest BCUT2D eigenvalue weighted by molar-refractivity contribution is 7.98. The molecule has 3 aromatic carbocycles. The molecule has 3 aromatic rings. The quantitative estimate of drug-likeness (QED) is 0.358. The van der Waals surface area contributed by atoms with Crippen LogP contribution in [0.3, 0.4) is 0 Å². The molecule has 0 spiro atoms. The van der Waals surface area contributed by atoms with Crippen molar-refractivity contribution in [2.24, 2.45) is 0 Å². The van der Waals surface area contributed by atoms with Gasteiger partial charge >= 0.3 is 0 Å². The molecule has 0 fully saturated rings. The zero-order valence-corrected chi connectivity index (χ0v) is 20.9. The largest absolute Gasteiger partial charge is 0.355 e. The number of hydrogen-bond donors (Lipinski definition) is 1. The van der Waals surface area contributed by atoms with Crippen LogP contribution in [0.4, 0.5) is 0 Å². The monoisotopic (exact) mass is 474 g/mol. The normalized spacial score (nSPS) is 11.6. The summed E-state index contributed by atoms with van der Waals surface area (Å²) in [5, 5.41) is 2.95. The van der Waals surface area contributed by atoms with E-state index in [-0.39, 0.29) is 11.8 Å². The van der Waals surface area contributed by atoms with Crippen molar-refractivity contribution in [2.45, 2.75) is 45.0 Å². The fourth-order valence-corrected chi connectivity index (χ4v) is 4.81. The van der Waals surface area contributed by atoms with Gasteiger partial charge in [-0.3, -0.25) is 9.59 Å². The first kappa shape index (κ1) is 25.6. The molecule has 0 aliphatic carbocycles. The van der Waals surface area contributed by atoms with Crippen molar-refractivity contribution in [2.75, 3.05) is 12.3 Å². The Morgan fingerprint density at radius 2 is 1.53 bits per heavy atom. The number of thioether (sulfide) groups is 1. The molecule has 5 heteroatoms. The van der Waals surface area contributed by atoms with E-state index >= 15 is 0 Å². The van der Waals surface area contributed by atoms with Crippen LogP contribution < -0.4 is 5.32 Å². The van der Waals surface area contributed by atoms with Crippen LogP contribution in [-0.4, -0.2) is 35.1 Å². The fraction of sp³-hybridized carbons (Fsp3) is 0.310. The standard InChI is InChI=1S/C29H34N2O2S/c1-3-30-29(33)27(20-24-12-6-4-7-13-24)31(21-26-16-10-11-23(2)19-26)28(32)17-18-34-22-25-14-8-5-9-15-25/h4-16,19,27H,3,17-18,20-22H2,1-2H3,(H,30,33)/t27-/m1/s1. The number of rotatable bonds is 12. The average molecular weight is 475 g/mol. The molecule has 34 heavy (non-hydrogen) atoms. The second kappa shape index (κ2) is 13.6. The van der Waals surface area contributed by atoms with Crippen molar-refractivity contribution in [1.82, 2.24) is 10.2 Å². The Labute approximate surface area is 207 Å². The lowest BCUT2D eigenvalue weighted by Crippen LogP contribution is -2.50. The highest BCUT2D eigenvalue weighted by Crippen LogP contribution is 2.19.